The van der Waals surface area contributed by atoms with Crippen LogP contribution in [0, 0.1) is 13.8 Å². The monoisotopic (exact) mass is 268 g/mol. The smallest absolute Gasteiger partial charge is 0.161 e. The first-order valence-corrected chi connectivity index (χ1v) is 7.13. The van der Waals surface area contributed by atoms with E-state index in [9.17, 15) is 0 Å². The van der Waals surface area contributed by atoms with Crippen molar-refractivity contribution in [2.24, 2.45) is 5.84 Å². The number of nitrogen functional groups attached to an aromatic ring is 1. The number of aryl methyl sites for hydroxylation is 3. The highest BCUT2D eigenvalue weighted by molar-refractivity contribution is 5.61. The van der Waals surface area contributed by atoms with Crippen molar-refractivity contribution in [2.75, 3.05) is 5.43 Å². The number of hydrogen-bond donors (Lipinski definition) is 2. The van der Waals surface area contributed by atoms with Gasteiger partial charge >= 0.3 is 0 Å². The molecular weight excluding hydrogens is 248 g/mol. The normalized spacial score (nSPS) is 13.9. The zero-order valence-electron chi connectivity index (χ0n) is 12.0. The highest BCUT2D eigenvalue weighted by atomic mass is 15.3. The SMILES string of the molecule is Cc1ccc(-c2nc3c(c(NN)n2)CCCC3)cc1C. The van der Waals surface area contributed by atoms with Crippen molar-refractivity contribution in [3.8, 4) is 11.4 Å². The van der Waals surface area contributed by atoms with E-state index < -0.39 is 0 Å². The minimum Gasteiger partial charge on any atom is -0.308 e. The van der Waals surface area contributed by atoms with E-state index >= 15 is 0 Å². The Morgan fingerprint density at radius 1 is 1.05 bits per heavy atom. The maximum absolute atomic E-state index is 5.63. The lowest BCUT2D eigenvalue weighted by Gasteiger charge is -2.18. The van der Waals surface area contributed by atoms with Gasteiger partial charge < -0.3 is 5.43 Å². The highest BCUT2D eigenvalue weighted by Crippen LogP contribution is 2.28. The lowest BCUT2D eigenvalue weighted by Crippen LogP contribution is -2.17. The summed E-state index contributed by atoms with van der Waals surface area (Å²) in [5.41, 5.74) is 8.66. The van der Waals surface area contributed by atoms with Crippen LogP contribution in [0.15, 0.2) is 18.2 Å². The molecule has 0 radical (unpaired) electrons. The van der Waals surface area contributed by atoms with Gasteiger partial charge in [0.15, 0.2) is 5.82 Å². The summed E-state index contributed by atoms with van der Waals surface area (Å²) in [6.07, 6.45) is 4.42. The largest absolute Gasteiger partial charge is 0.308 e. The van der Waals surface area contributed by atoms with Gasteiger partial charge in [-0.1, -0.05) is 12.1 Å². The molecule has 4 nitrogen and oxygen atoms in total. The number of hydrazine groups is 1. The summed E-state index contributed by atoms with van der Waals surface area (Å²) in [6.45, 7) is 4.22. The Kier molecular flexibility index (Phi) is 3.40. The molecule has 0 unspecified atom stereocenters. The van der Waals surface area contributed by atoms with Crippen molar-refractivity contribution >= 4 is 5.82 Å². The Morgan fingerprint density at radius 3 is 2.60 bits per heavy atom. The van der Waals surface area contributed by atoms with Crippen LogP contribution in [0.25, 0.3) is 11.4 Å². The van der Waals surface area contributed by atoms with Crippen molar-refractivity contribution in [1.29, 1.82) is 0 Å². The molecule has 1 heterocycles. The molecule has 104 valence electrons. The van der Waals surface area contributed by atoms with E-state index in [0.717, 1.165) is 35.7 Å². The molecule has 0 saturated carbocycles. The fourth-order valence-corrected chi connectivity index (χ4v) is 2.72. The Labute approximate surface area is 119 Å². The molecular formula is C16H20N4. The Hall–Kier alpha value is -1.94. The topological polar surface area (TPSA) is 63.8 Å². The lowest BCUT2D eigenvalue weighted by molar-refractivity contribution is 0.665. The van der Waals surface area contributed by atoms with E-state index in [4.69, 9.17) is 10.8 Å². The number of benzene rings is 1. The molecule has 0 saturated heterocycles. The minimum absolute atomic E-state index is 0.765. The van der Waals surface area contributed by atoms with Crippen molar-refractivity contribution < 1.29 is 0 Å². The number of anilines is 1. The van der Waals surface area contributed by atoms with Crippen LogP contribution in [0.1, 0.15) is 35.2 Å². The third-order valence-electron chi connectivity index (χ3n) is 4.08. The number of aromatic nitrogens is 2. The fourth-order valence-electron chi connectivity index (χ4n) is 2.72. The second-order valence-electron chi connectivity index (χ2n) is 5.47. The Bertz CT molecular complexity index is 632. The molecule has 0 fully saturated rings. The molecule has 0 spiro atoms. The number of nitrogens with two attached hydrogens (primary N) is 1. The first-order chi connectivity index (χ1) is 9.69. The number of rotatable bonds is 2. The quantitative estimate of drug-likeness (QED) is 0.649. The fraction of sp³-hybridized carbons (Fsp3) is 0.375. The van der Waals surface area contributed by atoms with E-state index in [0.29, 0.717) is 0 Å². The second kappa shape index (κ2) is 5.21. The number of fused-ring (bicyclic) bond motifs is 1. The molecule has 0 aliphatic heterocycles. The molecule has 0 bridgehead atoms. The summed E-state index contributed by atoms with van der Waals surface area (Å²) in [5.74, 6) is 7.18. The summed E-state index contributed by atoms with van der Waals surface area (Å²) in [4.78, 5) is 9.35. The van der Waals surface area contributed by atoms with Gasteiger partial charge in [-0.05, 0) is 56.7 Å². The maximum Gasteiger partial charge on any atom is 0.161 e. The Balaban J connectivity index is 2.11. The third-order valence-corrected chi connectivity index (χ3v) is 4.08. The molecule has 1 aliphatic carbocycles. The van der Waals surface area contributed by atoms with Crippen LogP contribution < -0.4 is 11.3 Å². The van der Waals surface area contributed by atoms with Crippen LogP contribution in [0.2, 0.25) is 0 Å². The molecule has 1 aromatic carbocycles. The summed E-state index contributed by atoms with van der Waals surface area (Å²) in [5, 5.41) is 0. The van der Waals surface area contributed by atoms with Crippen LogP contribution in [0.5, 0.6) is 0 Å². The van der Waals surface area contributed by atoms with E-state index in [2.05, 4.69) is 42.5 Å². The first-order valence-electron chi connectivity index (χ1n) is 7.13. The third kappa shape index (κ3) is 2.27. The van der Waals surface area contributed by atoms with E-state index in [-0.39, 0.29) is 0 Å². The van der Waals surface area contributed by atoms with Crippen molar-refractivity contribution in [3.05, 3.63) is 40.6 Å². The maximum atomic E-state index is 5.63. The van der Waals surface area contributed by atoms with Gasteiger partial charge in [0.25, 0.3) is 0 Å². The molecule has 3 N–H and O–H groups in total. The van der Waals surface area contributed by atoms with Crippen molar-refractivity contribution in [3.63, 3.8) is 0 Å². The Morgan fingerprint density at radius 2 is 1.85 bits per heavy atom. The van der Waals surface area contributed by atoms with Crippen molar-refractivity contribution in [2.45, 2.75) is 39.5 Å². The molecule has 4 heteroatoms. The molecule has 1 aromatic heterocycles. The van der Waals surface area contributed by atoms with Gasteiger partial charge in [-0.2, -0.15) is 0 Å². The van der Waals surface area contributed by atoms with E-state index in [1.807, 2.05) is 0 Å². The first kappa shape index (κ1) is 13.1. The molecule has 0 atom stereocenters. The summed E-state index contributed by atoms with van der Waals surface area (Å²) < 4.78 is 0. The second-order valence-corrected chi connectivity index (χ2v) is 5.47. The molecule has 20 heavy (non-hydrogen) atoms. The van der Waals surface area contributed by atoms with Crippen LogP contribution in [-0.4, -0.2) is 9.97 Å². The van der Waals surface area contributed by atoms with Crippen molar-refractivity contribution in [1.82, 2.24) is 9.97 Å². The molecule has 1 aliphatic rings. The molecule has 2 aromatic rings. The lowest BCUT2D eigenvalue weighted by atomic mass is 9.96. The van der Waals surface area contributed by atoms with Gasteiger partial charge in [0.1, 0.15) is 5.82 Å². The van der Waals surface area contributed by atoms with Crippen LogP contribution in [0.4, 0.5) is 5.82 Å². The number of nitrogens with one attached hydrogen (secondary N) is 1. The summed E-state index contributed by atoms with van der Waals surface area (Å²) in [7, 11) is 0. The zero-order valence-corrected chi connectivity index (χ0v) is 12.0. The van der Waals surface area contributed by atoms with E-state index in [1.165, 1.54) is 29.5 Å². The number of hydrogen-bond acceptors (Lipinski definition) is 4. The predicted octanol–water partition coefficient (Wildman–Crippen LogP) is 2.92. The van der Waals surface area contributed by atoms with Crippen LogP contribution in [-0.2, 0) is 12.8 Å². The van der Waals surface area contributed by atoms with Gasteiger partial charge in [-0.3, -0.25) is 0 Å². The standard InChI is InChI=1S/C16H20N4/c1-10-7-8-12(9-11(10)2)15-18-14-6-4-3-5-13(14)16(19-15)20-17/h7-9H,3-6,17H2,1-2H3,(H,18,19,20). The zero-order chi connectivity index (χ0) is 14.1. The average Bonchev–Trinajstić information content (AvgIpc) is 2.49. The average molecular weight is 268 g/mol. The van der Waals surface area contributed by atoms with E-state index in [1.54, 1.807) is 0 Å². The summed E-state index contributed by atoms with van der Waals surface area (Å²) >= 11 is 0. The molecule has 3 rings (SSSR count). The van der Waals surface area contributed by atoms with Gasteiger partial charge in [-0.15, -0.1) is 0 Å². The van der Waals surface area contributed by atoms with Gasteiger partial charge in [0.2, 0.25) is 0 Å². The number of nitrogens with zero attached hydrogens (tertiary/aromatic N) is 2. The highest BCUT2D eigenvalue weighted by Gasteiger charge is 2.18. The minimum atomic E-state index is 0.765. The van der Waals surface area contributed by atoms with Gasteiger partial charge in [-0.25, -0.2) is 15.8 Å². The van der Waals surface area contributed by atoms with Gasteiger partial charge in [0.05, 0.1) is 0 Å². The molecule has 0 amide bonds. The van der Waals surface area contributed by atoms with Gasteiger partial charge in [0, 0.05) is 16.8 Å². The summed E-state index contributed by atoms with van der Waals surface area (Å²) in [6, 6.07) is 6.33. The predicted molar refractivity (Wildman–Crippen MR) is 81.4 cm³/mol. The van der Waals surface area contributed by atoms with Crippen LogP contribution in [0.3, 0.4) is 0 Å². The van der Waals surface area contributed by atoms with Crippen LogP contribution >= 0.6 is 0 Å².